The molecule has 0 amide bonds. The highest BCUT2D eigenvalue weighted by atomic mass is 79.9. The first kappa shape index (κ1) is 19.0. The summed E-state index contributed by atoms with van der Waals surface area (Å²) in [7, 11) is -2.70. The van der Waals surface area contributed by atoms with Gasteiger partial charge in [-0.05, 0) is 34.1 Å². The van der Waals surface area contributed by atoms with Crippen LogP contribution in [-0.4, -0.2) is 55.7 Å². The molecule has 0 radical (unpaired) electrons. The van der Waals surface area contributed by atoms with E-state index in [9.17, 15) is 13.2 Å². The Morgan fingerprint density at radius 3 is 2.85 bits per heavy atom. The number of hydrogen-bond donors (Lipinski definition) is 0. The molecule has 0 bridgehead atoms. The molecule has 2 aromatic rings. The lowest BCUT2D eigenvalue weighted by Crippen LogP contribution is -2.43. The van der Waals surface area contributed by atoms with E-state index >= 15 is 0 Å². The van der Waals surface area contributed by atoms with Crippen LogP contribution in [0.4, 0.5) is 0 Å². The highest BCUT2D eigenvalue weighted by Gasteiger charge is 2.38. The molecule has 1 unspecified atom stereocenters. The van der Waals surface area contributed by atoms with Crippen molar-refractivity contribution in [2.45, 2.75) is 17.9 Å². The molecule has 11 heteroatoms. The van der Waals surface area contributed by atoms with Crippen LogP contribution in [0.1, 0.15) is 28.1 Å². The lowest BCUT2D eigenvalue weighted by molar-refractivity contribution is 0.0282. The van der Waals surface area contributed by atoms with E-state index in [1.807, 2.05) is 0 Å². The molecule has 140 valence electrons. The quantitative estimate of drug-likeness (QED) is 0.653. The van der Waals surface area contributed by atoms with Crippen molar-refractivity contribution in [3.05, 3.63) is 40.0 Å². The molecule has 0 spiro atoms. The van der Waals surface area contributed by atoms with Gasteiger partial charge in [-0.2, -0.15) is 9.29 Å². The van der Waals surface area contributed by atoms with Gasteiger partial charge in [-0.15, -0.1) is 0 Å². The molecule has 2 heterocycles. The predicted molar refractivity (Wildman–Crippen MR) is 92.0 cm³/mol. The molecule has 1 aliphatic heterocycles. The van der Waals surface area contributed by atoms with E-state index in [1.54, 1.807) is 6.92 Å². The number of morpholine rings is 1. The summed E-state index contributed by atoms with van der Waals surface area (Å²) in [6.07, 6.45) is 0. The standard InChI is InChI=1S/C15H16BrN3O6S/c1-9-17-14(18-25-9)13-8-24-6-5-19(13)26(21,22)10-3-4-12(16)11(7-10)15(20)23-2/h3-4,7,13H,5-6,8H2,1-2H3. The Labute approximate surface area is 158 Å². The van der Waals surface area contributed by atoms with Gasteiger partial charge in [0.15, 0.2) is 5.82 Å². The maximum Gasteiger partial charge on any atom is 0.339 e. The van der Waals surface area contributed by atoms with Crippen LogP contribution in [0.5, 0.6) is 0 Å². The number of methoxy groups -OCH3 is 1. The van der Waals surface area contributed by atoms with Crippen molar-refractivity contribution in [3.8, 4) is 0 Å². The third kappa shape index (κ3) is 3.52. The van der Waals surface area contributed by atoms with Crippen LogP contribution in [0.15, 0.2) is 32.1 Å². The molecule has 1 saturated heterocycles. The van der Waals surface area contributed by atoms with Gasteiger partial charge in [-0.1, -0.05) is 5.16 Å². The van der Waals surface area contributed by atoms with Gasteiger partial charge in [-0.3, -0.25) is 0 Å². The number of aromatic nitrogens is 2. The van der Waals surface area contributed by atoms with E-state index in [-0.39, 0.29) is 36.0 Å². The zero-order valence-corrected chi connectivity index (χ0v) is 16.4. The van der Waals surface area contributed by atoms with Gasteiger partial charge >= 0.3 is 5.97 Å². The summed E-state index contributed by atoms with van der Waals surface area (Å²) in [5.74, 6) is -0.0723. The largest absolute Gasteiger partial charge is 0.465 e. The van der Waals surface area contributed by atoms with Crippen LogP contribution < -0.4 is 0 Å². The minimum absolute atomic E-state index is 0.0341. The number of sulfonamides is 1. The Hall–Kier alpha value is -1.82. The highest BCUT2D eigenvalue weighted by molar-refractivity contribution is 9.10. The lowest BCUT2D eigenvalue weighted by Gasteiger charge is -2.32. The van der Waals surface area contributed by atoms with Gasteiger partial charge in [0.1, 0.15) is 6.04 Å². The molecule has 0 aliphatic carbocycles. The summed E-state index contributed by atoms with van der Waals surface area (Å²) in [6.45, 7) is 2.10. The van der Waals surface area contributed by atoms with Crippen molar-refractivity contribution >= 4 is 31.9 Å². The van der Waals surface area contributed by atoms with E-state index in [0.717, 1.165) is 0 Å². The number of halogens is 1. The van der Waals surface area contributed by atoms with Gasteiger partial charge in [0.2, 0.25) is 15.9 Å². The minimum atomic E-state index is -3.93. The first-order chi connectivity index (χ1) is 12.3. The average molecular weight is 446 g/mol. The highest BCUT2D eigenvalue weighted by Crippen LogP contribution is 2.30. The van der Waals surface area contributed by atoms with Crippen molar-refractivity contribution in [2.24, 2.45) is 0 Å². The zero-order valence-electron chi connectivity index (χ0n) is 14.0. The van der Waals surface area contributed by atoms with Crippen LogP contribution in [-0.2, 0) is 19.5 Å². The fraction of sp³-hybridized carbons (Fsp3) is 0.400. The minimum Gasteiger partial charge on any atom is -0.465 e. The number of rotatable bonds is 4. The van der Waals surface area contributed by atoms with E-state index in [2.05, 4.69) is 26.1 Å². The second kappa shape index (κ2) is 7.43. The van der Waals surface area contributed by atoms with E-state index in [0.29, 0.717) is 10.4 Å². The van der Waals surface area contributed by atoms with Crippen LogP contribution in [0.2, 0.25) is 0 Å². The molecule has 0 N–H and O–H groups in total. The lowest BCUT2D eigenvalue weighted by atomic mass is 10.2. The molecular weight excluding hydrogens is 430 g/mol. The second-order valence-corrected chi connectivity index (χ2v) is 8.26. The van der Waals surface area contributed by atoms with E-state index < -0.39 is 22.0 Å². The molecule has 3 rings (SSSR count). The summed E-state index contributed by atoms with van der Waals surface area (Å²) in [6, 6.07) is 3.48. The van der Waals surface area contributed by atoms with Crippen LogP contribution in [0, 0.1) is 6.92 Å². The summed E-state index contributed by atoms with van der Waals surface area (Å²) in [4.78, 5) is 16.0. The molecular formula is C15H16BrN3O6S. The second-order valence-electron chi connectivity index (χ2n) is 5.51. The van der Waals surface area contributed by atoms with Crippen molar-refractivity contribution in [3.63, 3.8) is 0 Å². The van der Waals surface area contributed by atoms with E-state index in [1.165, 1.54) is 29.6 Å². The van der Waals surface area contributed by atoms with Gasteiger partial charge in [0, 0.05) is 17.9 Å². The third-order valence-corrected chi connectivity index (χ3v) is 6.47. The van der Waals surface area contributed by atoms with Gasteiger partial charge in [0.05, 0.1) is 30.8 Å². The molecule has 1 fully saturated rings. The number of hydrogen-bond acceptors (Lipinski definition) is 8. The number of benzene rings is 1. The predicted octanol–water partition coefficient (Wildman–Crippen LogP) is 1.69. The first-order valence-electron chi connectivity index (χ1n) is 7.62. The summed E-state index contributed by atoms with van der Waals surface area (Å²) in [5, 5.41) is 3.82. The number of aryl methyl sites for hydroxylation is 1. The maximum absolute atomic E-state index is 13.2. The molecule has 1 atom stereocenters. The molecule has 1 aromatic carbocycles. The number of nitrogens with zero attached hydrogens (tertiary/aromatic N) is 3. The number of carbonyl (C=O) groups is 1. The Kier molecular flexibility index (Phi) is 5.42. The van der Waals surface area contributed by atoms with E-state index in [4.69, 9.17) is 14.0 Å². The topological polar surface area (TPSA) is 112 Å². The normalized spacial score (nSPS) is 18.7. The Balaban J connectivity index is 2.01. The average Bonchev–Trinajstić information content (AvgIpc) is 3.07. The number of carbonyl (C=O) groups excluding carboxylic acids is 1. The fourth-order valence-electron chi connectivity index (χ4n) is 2.60. The van der Waals surface area contributed by atoms with Crippen LogP contribution in [0.25, 0.3) is 0 Å². The van der Waals surface area contributed by atoms with Crippen molar-refractivity contribution in [1.82, 2.24) is 14.4 Å². The maximum atomic E-state index is 13.2. The van der Waals surface area contributed by atoms with Crippen molar-refractivity contribution in [1.29, 1.82) is 0 Å². The molecule has 26 heavy (non-hydrogen) atoms. The summed E-state index contributed by atoms with van der Waals surface area (Å²) in [5.41, 5.74) is 0.119. The van der Waals surface area contributed by atoms with Crippen molar-refractivity contribution < 1.29 is 27.2 Å². The van der Waals surface area contributed by atoms with Gasteiger partial charge in [0.25, 0.3) is 0 Å². The molecule has 0 saturated carbocycles. The Morgan fingerprint density at radius 2 is 2.19 bits per heavy atom. The SMILES string of the molecule is COC(=O)c1cc(S(=O)(=O)N2CCOCC2c2noc(C)n2)ccc1Br. The van der Waals surface area contributed by atoms with Crippen LogP contribution >= 0.6 is 15.9 Å². The Bertz CT molecular complexity index is 929. The third-order valence-electron chi connectivity index (χ3n) is 3.87. The summed E-state index contributed by atoms with van der Waals surface area (Å²) < 4.78 is 43.1. The van der Waals surface area contributed by atoms with Gasteiger partial charge < -0.3 is 14.0 Å². The summed E-state index contributed by atoms with van der Waals surface area (Å²) >= 11 is 3.22. The number of esters is 1. The smallest absolute Gasteiger partial charge is 0.339 e. The van der Waals surface area contributed by atoms with Crippen LogP contribution in [0.3, 0.4) is 0 Å². The Morgan fingerprint density at radius 1 is 1.42 bits per heavy atom. The molecule has 1 aliphatic rings. The monoisotopic (exact) mass is 445 g/mol. The first-order valence-corrected chi connectivity index (χ1v) is 9.85. The molecule has 9 nitrogen and oxygen atoms in total. The molecule has 1 aromatic heterocycles. The van der Waals surface area contributed by atoms with Gasteiger partial charge in [-0.25, -0.2) is 13.2 Å². The zero-order chi connectivity index (χ0) is 18.9. The fourth-order valence-corrected chi connectivity index (χ4v) is 4.59. The van der Waals surface area contributed by atoms with Crippen molar-refractivity contribution in [2.75, 3.05) is 26.9 Å². The number of ether oxygens (including phenoxy) is 2.